The molecule has 1 aliphatic heterocycles. The van der Waals surface area contributed by atoms with Crippen LogP contribution in [0, 0.1) is 0 Å². The molecule has 6 nitrogen and oxygen atoms in total. The van der Waals surface area contributed by atoms with Crippen molar-refractivity contribution in [3.05, 3.63) is 52.3 Å². The largest absolute Gasteiger partial charge is 0.346 e. The average molecular weight is 364 g/mol. The van der Waals surface area contributed by atoms with Crippen molar-refractivity contribution >= 4 is 11.8 Å². The van der Waals surface area contributed by atoms with E-state index in [9.17, 15) is 9.59 Å². The molecular formula is C21H24N4O2. The van der Waals surface area contributed by atoms with Crippen LogP contribution >= 0.6 is 0 Å². The number of aryl methyl sites for hydroxylation is 1. The molecule has 0 saturated carbocycles. The van der Waals surface area contributed by atoms with Crippen LogP contribution in [0.4, 0.5) is 0 Å². The molecule has 27 heavy (non-hydrogen) atoms. The zero-order valence-electron chi connectivity index (χ0n) is 15.3. The predicted molar refractivity (Wildman–Crippen MR) is 100 cm³/mol. The van der Waals surface area contributed by atoms with Crippen LogP contribution in [0.5, 0.6) is 0 Å². The molecule has 1 saturated heterocycles. The number of likely N-dealkylation sites (tertiary alicyclic amines) is 1. The summed E-state index contributed by atoms with van der Waals surface area (Å²) in [5, 5.41) is 10.3. The lowest BCUT2D eigenvalue weighted by Crippen LogP contribution is -2.41. The standard InChI is InChI=1S/C21H24N4O2/c26-19-11-15(12-25(19)16-9-13-5-1-2-6-14(13)10-16)22-21(27)20-17-7-3-4-8-18(17)23-24-20/h1-2,5-6,15-16H,3-4,7-12H2,(H,22,27)(H,23,24). The summed E-state index contributed by atoms with van der Waals surface area (Å²) < 4.78 is 0. The van der Waals surface area contributed by atoms with Gasteiger partial charge < -0.3 is 10.2 Å². The van der Waals surface area contributed by atoms with Crippen LogP contribution in [0.1, 0.15) is 52.1 Å². The van der Waals surface area contributed by atoms with Gasteiger partial charge in [0, 0.05) is 30.3 Å². The van der Waals surface area contributed by atoms with E-state index in [1.807, 2.05) is 4.90 Å². The van der Waals surface area contributed by atoms with Crippen molar-refractivity contribution in [3.8, 4) is 0 Å². The van der Waals surface area contributed by atoms with Crippen LogP contribution in [0.2, 0.25) is 0 Å². The van der Waals surface area contributed by atoms with Gasteiger partial charge >= 0.3 is 0 Å². The van der Waals surface area contributed by atoms with E-state index in [1.54, 1.807) is 0 Å². The van der Waals surface area contributed by atoms with Gasteiger partial charge in [-0.25, -0.2) is 0 Å². The molecular weight excluding hydrogens is 340 g/mol. The minimum atomic E-state index is -0.149. The molecule has 0 bridgehead atoms. The molecule has 140 valence electrons. The summed E-state index contributed by atoms with van der Waals surface area (Å²) in [6.45, 7) is 0.593. The molecule has 6 heteroatoms. The Balaban J connectivity index is 1.25. The van der Waals surface area contributed by atoms with Gasteiger partial charge in [-0.3, -0.25) is 14.7 Å². The molecule has 1 aromatic carbocycles. The maximum atomic E-state index is 12.7. The number of hydrogen-bond donors (Lipinski definition) is 2. The summed E-state index contributed by atoms with van der Waals surface area (Å²) >= 11 is 0. The Morgan fingerprint density at radius 1 is 1.11 bits per heavy atom. The molecule has 1 unspecified atom stereocenters. The molecule has 0 radical (unpaired) electrons. The first kappa shape index (κ1) is 16.5. The van der Waals surface area contributed by atoms with Crippen molar-refractivity contribution in [1.29, 1.82) is 0 Å². The predicted octanol–water partition coefficient (Wildman–Crippen LogP) is 1.79. The summed E-state index contributed by atoms with van der Waals surface area (Å²) in [4.78, 5) is 27.3. The van der Waals surface area contributed by atoms with Crippen LogP contribution < -0.4 is 5.32 Å². The maximum Gasteiger partial charge on any atom is 0.272 e. The van der Waals surface area contributed by atoms with E-state index in [0.29, 0.717) is 18.7 Å². The number of carbonyl (C=O) groups is 2. The van der Waals surface area contributed by atoms with Crippen LogP contribution in [0.25, 0.3) is 0 Å². The molecule has 1 fully saturated rings. The second-order valence-electron chi connectivity index (χ2n) is 7.99. The number of rotatable bonds is 3. The van der Waals surface area contributed by atoms with Gasteiger partial charge in [0.15, 0.2) is 5.69 Å². The van der Waals surface area contributed by atoms with Crippen molar-refractivity contribution < 1.29 is 9.59 Å². The van der Waals surface area contributed by atoms with Gasteiger partial charge in [0.2, 0.25) is 5.91 Å². The Morgan fingerprint density at radius 3 is 2.63 bits per heavy atom. The number of aromatic nitrogens is 2. The van der Waals surface area contributed by atoms with E-state index < -0.39 is 0 Å². The van der Waals surface area contributed by atoms with E-state index >= 15 is 0 Å². The first-order chi connectivity index (χ1) is 13.2. The van der Waals surface area contributed by atoms with Crippen molar-refractivity contribution in [1.82, 2.24) is 20.4 Å². The topological polar surface area (TPSA) is 78.1 Å². The number of nitrogens with zero attached hydrogens (tertiary/aromatic N) is 2. The molecule has 3 aliphatic rings. The lowest BCUT2D eigenvalue weighted by atomic mass is 9.95. The van der Waals surface area contributed by atoms with Crippen LogP contribution in [0.3, 0.4) is 0 Å². The third kappa shape index (κ3) is 2.93. The van der Waals surface area contributed by atoms with E-state index in [1.165, 1.54) is 11.1 Å². The van der Waals surface area contributed by atoms with Crippen LogP contribution in [-0.4, -0.2) is 45.5 Å². The minimum absolute atomic E-state index is 0.135. The number of carbonyl (C=O) groups excluding carboxylic acids is 2. The fourth-order valence-electron chi connectivity index (χ4n) is 4.86. The fourth-order valence-corrected chi connectivity index (χ4v) is 4.86. The Labute approximate surface area is 158 Å². The summed E-state index contributed by atoms with van der Waals surface area (Å²) in [7, 11) is 0. The highest BCUT2D eigenvalue weighted by atomic mass is 16.2. The van der Waals surface area contributed by atoms with Gasteiger partial charge in [-0.2, -0.15) is 5.10 Å². The molecule has 5 rings (SSSR count). The summed E-state index contributed by atoms with van der Waals surface area (Å²) in [5.41, 5.74) is 5.35. The van der Waals surface area contributed by atoms with Crippen molar-refractivity contribution in [2.24, 2.45) is 0 Å². The third-order valence-electron chi connectivity index (χ3n) is 6.24. The number of nitrogens with one attached hydrogen (secondary N) is 2. The summed E-state index contributed by atoms with van der Waals surface area (Å²) in [6.07, 6.45) is 6.32. The molecule has 2 aliphatic carbocycles. The fraction of sp³-hybridized carbons (Fsp3) is 0.476. The van der Waals surface area contributed by atoms with Gasteiger partial charge in [0.05, 0.1) is 6.04 Å². The molecule has 0 spiro atoms. The lowest BCUT2D eigenvalue weighted by Gasteiger charge is -2.24. The van der Waals surface area contributed by atoms with Gasteiger partial charge in [-0.1, -0.05) is 24.3 Å². The van der Waals surface area contributed by atoms with Crippen molar-refractivity contribution in [2.75, 3.05) is 6.54 Å². The van der Waals surface area contributed by atoms with Gasteiger partial charge in [0.1, 0.15) is 0 Å². The summed E-state index contributed by atoms with van der Waals surface area (Å²) in [5.74, 6) is -0.00841. The molecule has 2 amide bonds. The van der Waals surface area contributed by atoms with Crippen molar-refractivity contribution in [3.63, 3.8) is 0 Å². The average Bonchev–Trinajstić information content (AvgIpc) is 3.37. The Morgan fingerprint density at radius 2 is 1.85 bits per heavy atom. The zero-order chi connectivity index (χ0) is 18.4. The zero-order valence-corrected chi connectivity index (χ0v) is 15.3. The van der Waals surface area contributed by atoms with Gasteiger partial charge in [0.25, 0.3) is 5.91 Å². The Bertz CT molecular complexity index is 878. The Hall–Kier alpha value is -2.63. The smallest absolute Gasteiger partial charge is 0.272 e. The van der Waals surface area contributed by atoms with E-state index in [4.69, 9.17) is 0 Å². The monoisotopic (exact) mass is 364 g/mol. The molecule has 2 aromatic rings. The molecule has 1 atom stereocenters. The number of benzene rings is 1. The number of aromatic amines is 1. The quantitative estimate of drug-likeness (QED) is 0.872. The number of hydrogen-bond acceptors (Lipinski definition) is 3. The van der Waals surface area contributed by atoms with E-state index in [-0.39, 0.29) is 23.9 Å². The normalized spacial score (nSPS) is 22.0. The van der Waals surface area contributed by atoms with Gasteiger partial charge in [-0.15, -0.1) is 0 Å². The summed E-state index contributed by atoms with van der Waals surface area (Å²) in [6, 6.07) is 8.49. The molecule has 2 heterocycles. The number of fused-ring (bicyclic) bond motifs is 2. The molecule has 1 aromatic heterocycles. The Kier molecular flexibility index (Phi) is 3.99. The highest BCUT2D eigenvalue weighted by molar-refractivity contribution is 5.95. The lowest BCUT2D eigenvalue weighted by molar-refractivity contribution is -0.129. The first-order valence-corrected chi connectivity index (χ1v) is 9.92. The van der Waals surface area contributed by atoms with Crippen molar-refractivity contribution in [2.45, 2.75) is 57.0 Å². The maximum absolute atomic E-state index is 12.7. The van der Waals surface area contributed by atoms with Gasteiger partial charge in [-0.05, 0) is 49.7 Å². The second-order valence-corrected chi connectivity index (χ2v) is 7.99. The first-order valence-electron chi connectivity index (χ1n) is 9.92. The molecule has 2 N–H and O–H groups in total. The highest BCUT2D eigenvalue weighted by Gasteiger charge is 2.38. The third-order valence-corrected chi connectivity index (χ3v) is 6.24. The number of H-pyrrole nitrogens is 1. The number of amides is 2. The highest BCUT2D eigenvalue weighted by Crippen LogP contribution is 2.28. The van der Waals surface area contributed by atoms with Crippen LogP contribution in [0.15, 0.2) is 24.3 Å². The van der Waals surface area contributed by atoms with Crippen LogP contribution in [-0.2, 0) is 30.5 Å². The van der Waals surface area contributed by atoms with E-state index in [2.05, 4.69) is 39.8 Å². The van der Waals surface area contributed by atoms with E-state index in [0.717, 1.165) is 49.8 Å². The minimum Gasteiger partial charge on any atom is -0.346 e. The second kappa shape index (κ2) is 6.51. The SMILES string of the molecule is O=C(NC1CC(=O)N(C2Cc3ccccc3C2)C1)c1n[nH]c2c1CCCC2.